The first-order chi connectivity index (χ1) is 11.0. The van der Waals surface area contributed by atoms with Crippen LogP contribution in [0.25, 0.3) is 10.4 Å². The first-order valence-corrected chi connectivity index (χ1v) is 8.15. The molecular weight excluding hydrogens is 306 g/mol. The standard InChI is InChI=1S/C18H19N3OS/c1-18(2,13-4-6-14(22-3)7-5-13)16-10-12(8-9-20-16)15-11-21-17(19)23-15/h4-11H,1-3H3,(H2,19,21). The Labute approximate surface area is 140 Å². The Kier molecular flexibility index (Phi) is 4.05. The molecule has 5 heteroatoms. The van der Waals surface area contributed by atoms with Crippen LogP contribution in [-0.2, 0) is 5.41 Å². The molecule has 0 aliphatic heterocycles. The zero-order valence-electron chi connectivity index (χ0n) is 13.4. The lowest BCUT2D eigenvalue weighted by Gasteiger charge is -2.25. The van der Waals surface area contributed by atoms with E-state index in [1.165, 1.54) is 16.9 Å². The van der Waals surface area contributed by atoms with Gasteiger partial charge in [0.2, 0.25) is 0 Å². The number of benzene rings is 1. The Morgan fingerprint density at radius 3 is 2.43 bits per heavy atom. The quantitative estimate of drug-likeness (QED) is 0.784. The highest BCUT2D eigenvalue weighted by Crippen LogP contribution is 2.34. The second-order valence-electron chi connectivity index (χ2n) is 5.85. The minimum absolute atomic E-state index is 0.210. The van der Waals surface area contributed by atoms with Crippen LogP contribution in [0.5, 0.6) is 5.75 Å². The zero-order valence-corrected chi connectivity index (χ0v) is 14.2. The van der Waals surface area contributed by atoms with Crippen molar-refractivity contribution >= 4 is 16.5 Å². The predicted octanol–water partition coefficient (Wildman–Crippen LogP) is 4.12. The molecule has 0 spiro atoms. The Hall–Kier alpha value is -2.40. The van der Waals surface area contributed by atoms with Crippen molar-refractivity contribution in [3.8, 4) is 16.2 Å². The summed E-state index contributed by atoms with van der Waals surface area (Å²) < 4.78 is 5.23. The monoisotopic (exact) mass is 325 g/mol. The highest BCUT2D eigenvalue weighted by Gasteiger charge is 2.25. The van der Waals surface area contributed by atoms with Crippen LogP contribution >= 0.6 is 11.3 Å². The van der Waals surface area contributed by atoms with E-state index >= 15 is 0 Å². The third kappa shape index (κ3) is 3.05. The van der Waals surface area contributed by atoms with Crippen LogP contribution in [0.1, 0.15) is 25.1 Å². The molecule has 0 amide bonds. The fraction of sp³-hybridized carbons (Fsp3) is 0.222. The number of rotatable bonds is 4. The summed E-state index contributed by atoms with van der Waals surface area (Å²) in [4.78, 5) is 9.76. The normalized spacial score (nSPS) is 11.4. The summed E-state index contributed by atoms with van der Waals surface area (Å²) in [5, 5.41) is 0.577. The summed E-state index contributed by atoms with van der Waals surface area (Å²) in [6, 6.07) is 12.2. The number of hydrogen-bond acceptors (Lipinski definition) is 5. The molecule has 0 radical (unpaired) electrons. The van der Waals surface area contributed by atoms with Gasteiger partial charge in [-0.05, 0) is 35.4 Å². The van der Waals surface area contributed by atoms with Gasteiger partial charge in [-0.3, -0.25) is 4.98 Å². The van der Waals surface area contributed by atoms with Crippen LogP contribution in [0.4, 0.5) is 5.13 Å². The molecular formula is C18H19N3OS. The van der Waals surface area contributed by atoms with Gasteiger partial charge in [0, 0.05) is 17.8 Å². The fourth-order valence-corrected chi connectivity index (χ4v) is 3.18. The number of nitrogens with zero attached hydrogens (tertiary/aromatic N) is 2. The number of thiazole rings is 1. The van der Waals surface area contributed by atoms with Crippen molar-refractivity contribution in [2.45, 2.75) is 19.3 Å². The lowest BCUT2D eigenvalue weighted by molar-refractivity contribution is 0.414. The molecule has 3 rings (SSSR count). The van der Waals surface area contributed by atoms with Crippen LogP contribution in [-0.4, -0.2) is 17.1 Å². The second-order valence-corrected chi connectivity index (χ2v) is 6.91. The molecule has 2 heterocycles. The number of hydrogen-bond donors (Lipinski definition) is 1. The van der Waals surface area contributed by atoms with Gasteiger partial charge in [0.05, 0.1) is 17.7 Å². The largest absolute Gasteiger partial charge is 0.497 e. The third-order valence-corrected chi connectivity index (χ3v) is 4.90. The molecule has 23 heavy (non-hydrogen) atoms. The van der Waals surface area contributed by atoms with Crippen molar-refractivity contribution in [1.29, 1.82) is 0 Å². The van der Waals surface area contributed by atoms with Gasteiger partial charge < -0.3 is 10.5 Å². The number of pyridine rings is 1. The van der Waals surface area contributed by atoms with Gasteiger partial charge in [-0.2, -0.15) is 0 Å². The summed E-state index contributed by atoms with van der Waals surface area (Å²) in [5.41, 5.74) is 8.81. The summed E-state index contributed by atoms with van der Waals surface area (Å²) in [7, 11) is 1.67. The van der Waals surface area contributed by atoms with Crippen LogP contribution < -0.4 is 10.5 Å². The number of nitrogens with two attached hydrogens (primary N) is 1. The number of ether oxygens (including phenoxy) is 1. The molecule has 0 saturated heterocycles. The van der Waals surface area contributed by atoms with Gasteiger partial charge in [0.1, 0.15) is 5.75 Å². The van der Waals surface area contributed by atoms with E-state index in [0.717, 1.165) is 21.9 Å². The minimum Gasteiger partial charge on any atom is -0.497 e. The Bertz CT molecular complexity index is 809. The number of anilines is 1. The molecule has 4 nitrogen and oxygen atoms in total. The van der Waals surface area contributed by atoms with Crippen molar-refractivity contribution in [2.75, 3.05) is 12.8 Å². The summed E-state index contributed by atoms with van der Waals surface area (Å²) in [5.74, 6) is 0.853. The molecule has 0 unspecified atom stereocenters. The van der Waals surface area contributed by atoms with E-state index in [-0.39, 0.29) is 5.41 Å². The molecule has 0 aliphatic rings. The van der Waals surface area contributed by atoms with Gasteiger partial charge in [-0.1, -0.05) is 37.3 Å². The highest BCUT2D eigenvalue weighted by atomic mass is 32.1. The molecule has 0 bridgehead atoms. The number of aromatic nitrogens is 2. The molecule has 2 N–H and O–H groups in total. The average molecular weight is 325 g/mol. The maximum atomic E-state index is 5.74. The van der Waals surface area contributed by atoms with Crippen molar-refractivity contribution in [2.24, 2.45) is 0 Å². The van der Waals surface area contributed by atoms with E-state index in [9.17, 15) is 0 Å². The minimum atomic E-state index is -0.210. The topological polar surface area (TPSA) is 61.0 Å². The maximum absolute atomic E-state index is 5.74. The smallest absolute Gasteiger partial charge is 0.180 e. The van der Waals surface area contributed by atoms with E-state index in [0.29, 0.717) is 5.13 Å². The van der Waals surface area contributed by atoms with Crippen molar-refractivity contribution in [3.05, 3.63) is 60.0 Å². The molecule has 0 atom stereocenters. The summed E-state index contributed by atoms with van der Waals surface area (Å²) in [6.45, 7) is 4.34. The number of nitrogen functional groups attached to an aromatic ring is 1. The van der Waals surface area contributed by atoms with Gasteiger partial charge >= 0.3 is 0 Å². The molecule has 0 fully saturated rings. The van der Waals surface area contributed by atoms with Gasteiger partial charge in [-0.15, -0.1) is 0 Å². The lowest BCUT2D eigenvalue weighted by Crippen LogP contribution is -2.20. The maximum Gasteiger partial charge on any atom is 0.180 e. The first kappa shape index (κ1) is 15.5. The van der Waals surface area contributed by atoms with Gasteiger partial charge in [0.25, 0.3) is 0 Å². The van der Waals surface area contributed by atoms with Crippen LogP contribution in [0.3, 0.4) is 0 Å². The van der Waals surface area contributed by atoms with Crippen LogP contribution in [0, 0.1) is 0 Å². The van der Waals surface area contributed by atoms with Gasteiger partial charge in [0.15, 0.2) is 5.13 Å². The van der Waals surface area contributed by atoms with Crippen molar-refractivity contribution < 1.29 is 4.74 Å². The molecule has 118 valence electrons. The zero-order chi connectivity index (χ0) is 16.4. The van der Waals surface area contributed by atoms with Gasteiger partial charge in [-0.25, -0.2) is 4.98 Å². The second kappa shape index (κ2) is 6.01. The Morgan fingerprint density at radius 2 is 1.83 bits per heavy atom. The van der Waals surface area contributed by atoms with E-state index in [1.54, 1.807) is 13.3 Å². The average Bonchev–Trinajstić information content (AvgIpc) is 3.01. The number of methoxy groups -OCH3 is 1. The van der Waals surface area contributed by atoms with E-state index in [2.05, 4.69) is 42.0 Å². The lowest BCUT2D eigenvalue weighted by atomic mass is 9.80. The van der Waals surface area contributed by atoms with Crippen LogP contribution in [0.15, 0.2) is 48.8 Å². The van der Waals surface area contributed by atoms with Crippen molar-refractivity contribution in [1.82, 2.24) is 9.97 Å². The SMILES string of the molecule is COc1ccc(C(C)(C)c2cc(-c3cnc(N)s3)ccn2)cc1. The van der Waals surface area contributed by atoms with E-state index < -0.39 is 0 Å². The molecule has 2 aromatic heterocycles. The fourth-order valence-electron chi connectivity index (χ4n) is 2.50. The Balaban J connectivity index is 1.99. The van der Waals surface area contributed by atoms with Crippen LogP contribution in [0.2, 0.25) is 0 Å². The Morgan fingerprint density at radius 1 is 1.09 bits per heavy atom. The molecule has 0 saturated carbocycles. The van der Waals surface area contributed by atoms with E-state index in [4.69, 9.17) is 10.5 Å². The summed E-state index contributed by atoms with van der Waals surface area (Å²) >= 11 is 1.48. The molecule has 3 aromatic rings. The highest BCUT2D eigenvalue weighted by molar-refractivity contribution is 7.18. The summed E-state index contributed by atoms with van der Waals surface area (Å²) in [6.07, 6.45) is 3.64. The van der Waals surface area contributed by atoms with E-state index in [1.807, 2.05) is 24.4 Å². The molecule has 1 aromatic carbocycles. The predicted molar refractivity (Wildman–Crippen MR) is 94.9 cm³/mol. The first-order valence-electron chi connectivity index (χ1n) is 7.33. The molecule has 0 aliphatic carbocycles. The van der Waals surface area contributed by atoms with Crippen molar-refractivity contribution in [3.63, 3.8) is 0 Å². The third-order valence-electron chi connectivity index (χ3n) is 4.02.